The molecular formula is C19H16ClNO3. The molecule has 0 amide bonds. The van der Waals surface area contributed by atoms with Gasteiger partial charge in [-0.1, -0.05) is 48.0 Å². The standard InChI is InChI=1S/C19H16ClNO3/c1-2-24-18(22)12-21-17(15-9-5-6-10-16(15)20)11-13-7-3-4-8-14(13)19(21)23/h3-11H,2,12H2,1H3. The molecule has 0 bridgehead atoms. The quantitative estimate of drug-likeness (QED) is 0.676. The average molecular weight is 342 g/mol. The van der Waals surface area contributed by atoms with E-state index in [0.29, 0.717) is 21.7 Å². The summed E-state index contributed by atoms with van der Waals surface area (Å²) in [7, 11) is 0. The summed E-state index contributed by atoms with van der Waals surface area (Å²) in [4.78, 5) is 24.8. The lowest BCUT2D eigenvalue weighted by Crippen LogP contribution is -2.27. The molecular weight excluding hydrogens is 326 g/mol. The molecule has 3 aromatic rings. The Morgan fingerprint density at radius 2 is 1.83 bits per heavy atom. The van der Waals surface area contributed by atoms with Crippen LogP contribution in [0.15, 0.2) is 59.4 Å². The van der Waals surface area contributed by atoms with Gasteiger partial charge in [-0.3, -0.25) is 14.2 Å². The second-order valence-electron chi connectivity index (χ2n) is 5.29. The van der Waals surface area contributed by atoms with Crippen molar-refractivity contribution in [3.05, 3.63) is 70.0 Å². The van der Waals surface area contributed by atoms with Gasteiger partial charge < -0.3 is 4.74 Å². The van der Waals surface area contributed by atoms with E-state index < -0.39 is 5.97 Å². The number of carbonyl (C=O) groups excluding carboxylic acids is 1. The number of rotatable bonds is 4. The van der Waals surface area contributed by atoms with Crippen molar-refractivity contribution in [3.63, 3.8) is 0 Å². The first-order valence-electron chi connectivity index (χ1n) is 7.65. The summed E-state index contributed by atoms with van der Waals surface area (Å²) in [6.07, 6.45) is 0. The first kappa shape index (κ1) is 16.3. The molecule has 1 aromatic heterocycles. The van der Waals surface area contributed by atoms with E-state index in [9.17, 15) is 9.59 Å². The zero-order valence-corrected chi connectivity index (χ0v) is 13.9. The molecule has 0 atom stereocenters. The summed E-state index contributed by atoms with van der Waals surface area (Å²) in [5.74, 6) is -0.455. The number of nitrogens with zero attached hydrogens (tertiary/aromatic N) is 1. The molecule has 1 heterocycles. The van der Waals surface area contributed by atoms with Gasteiger partial charge in [0, 0.05) is 16.0 Å². The Balaban J connectivity index is 2.28. The third-order valence-electron chi connectivity index (χ3n) is 3.76. The normalized spacial score (nSPS) is 10.8. The van der Waals surface area contributed by atoms with Crippen LogP contribution in [0.2, 0.25) is 5.02 Å². The Bertz CT molecular complexity index is 962. The summed E-state index contributed by atoms with van der Waals surface area (Å²) in [6.45, 7) is 1.84. The molecule has 4 nitrogen and oxygen atoms in total. The Morgan fingerprint density at radius 1 is 1.12 bits per heavy atom. The first-order chi connectivity index (χ1) is 11.6. The fourth-order valence-electron chi connectivity index (χ4n) is 2.68. The first-order valence-corrected chi connectivity index (χ1v) is 8.02. The third-order valence-corrected chi connectivity index (χ3v) is 4.09. The number of hydrogen-bond acceptors (Lipinski definition) is 3. The van der Waals surface area contributed by atoms with Crippen LogP contribution in [0, 0.1) is 0 Å². The van der Waals surface area contributed by atoms with Crippen molar-refractivity contribution in [1.82, 2.24) is 4.57 Å². The maximum Gasteiger partial charge on any atom is 0.326 e. The largest absolute Gasteiger partial charge is 0.465 e. The molecule has 0 N–H and O–H groups in total. The van der Waals surface area contributed by atoms with Crippen LogP contribution in [-0.4, -0.2) is 17.1 Å². The summed E-state index contributed by atoms with van der Waals surface area (Å²) in [6, 6.07) is 16.4. The van der Waals surface area contributed by atoms with Gasteiger partial charge in [-0.15, -0.1) is 0 Å². The van der Waals surface area contributed by atoms with Crippen LogP contribution in [0.5, 0.6) is 0 Å². The number of fused-ring (bicyclic) bond motifs is 1. The SMILES string of the molecule is CCOC(=O)Cn1c(-c2ccccc2Cl)cc2ccccc2c1=O. The minimum atomic E-state index is -0.455. The fraction of sp³-hybridized carbons (Fsp3) is 0.158. The van der Waals surface area contributed by atoms with Gasteiger partial charge in [0.1, 0.15) is 6.54 Å². The van der Waals surface area contributed by atoms with E-state index in [1.54, 1.807) is 25.1 Å². The highest BCUT2D eigenvalue weighted by molar-refractivity contribution is 6.33. The van der Waals surface area contributed by atoms with Gasteiger partial charge in [0.25, 0.3) is 5.56 Å². The fourth-order valence-corrected chi connectivity index (χ4v) is 2.91. The molecule has 0 unspecified atom stereocenters. The van der Waals surface area contributed by atoms with Crippen LogP contribution in [0.3, 0.4) is 0 Å². The van der Waals surface area contributed by atoms with Crippen molar-refractivity contribution >= 4 is 28.3 Å². The molecule has 24 heavy (non-hydrogen) atoms. The van der Waals surface area contributed by atoms with Crippen molar-refractivity contribution in [2.45, 2.75) is 13.5 Å². The number of pyridine rings is 1. The van der Waals surface area contributed by atoms with Crippen LogP contribution in [-0.2, 0) is 16.1 Å². The predicted octanol–water partition coefficient (Wildman–Crippen LogP) is 3.89. The number of ether oxygens (including phenoxy) is 1. The van der Waals surface area contributed by atoms with Crippen LogP contribution in [0.4, 0.5) is 0 Å². The highest BCUT2D eigenvalue weighted by Crippen LogP contribution is 2.28. The van der Waals surface area contributed by atoms with Crippen LogP contribution >= 0.6 is 11.6 Å². The van der Waals surface area contributed by atoms with Gasteiger partial charge in [-0.05, 0) is 30.5 Å². The minimum absolute atomic E-state index is 0.155. The maximum atomic E-state index is 12.9. The van der Waals surface area contributed by atoms with E-state index in [-0.39, 0.29) is 18.7 Å². The van der Waals surface area contributed by atoms with E-state index in [1.807, 2.05) is 36.4 Å². The Kier molecular flexibility index (Phi) is 4.67. The molecule has 0 saturated heterocycles. The van der Waals surface area contributed by atoms with Crippen molar-refractivity contribution in [3.8, 4) is 11.3 Å². The number of carbonyl (C=O) groups is 1. The van der Waals surface area contributed by atoms with Gasteiger partial charge in [-0.2, -0.15) is 0 Å². The minimum Gasteiger partial charge on any atom is -0.465 e. The van der Waals surface area contributed by atoms with Gasteiger partial charge in [-0.25, -0.2) is 0 Å². The lowest BCUT2D eigenvalue weighted by atomic mass is 10.1. The van der Waals surface area contributed by atoms with Crippen LogP contribution in [0.1, 0.15) is 6.92 Å². The van der Waals surface area contributed by atoms with Crippen molar-refractivity contribution in [2.75, 3.05) is 6.61 Å². The number of halogens is 1. The summed E-state index contributed by atoms with van der Waals surface area (Å²) < 4.78 is 6.42. The third kappa shape index (κ3) is 3.05. The lowest BCUT2D eigenvalue weighted by Gasteiger charge is -2.15. The zero-order chi connectivity index (χ0) is 17.1. The summed E-state index contributed by atoms with van der Waals surface area (Å²) in [5.41, 5.74) is 1.06. The zero-order valence-electron chi connectivity index (χ0n) is 13.2. The molecule has 0 aliphatic rings. The van der Waals surface area contributed by atoms with E-state index in [1.165, 1.54) is 4.57 Å². The van der Waals surface area contributed by atoms with E-state index >= 15 is 0 Å². The van der Waals surface area contributed by atoms with Gasteiger partial charge in [0.15, 0.2) is 0 Å². The van der Waals surface area contributed by atoms with Gasteiger partial charge in [0.05, 0.1) is 12.3 Å². The molecule has 0 aliphatic carbocycles. The topological polar surface area (TPSA) is 48.3 Å². The summed E-state index contributed by atoms with van der Waals surface area (Å²) in [5, 5.41) is 1.87. The molecule has 0 fully saturated rings. The predicted molar refractivity (Wildman–Crippen MR) is 95.3 cm³/mol. The molecule has 122 valence electrons. The second-order valence-corrected chi connectivity index (χ2v) is 5.70. The van der Waals surface area contributed by atoms with Crippen LogP contribution in [0.25, 0.3) is 22.0 Å². The second kappa shape index (κ2) is 6.89. The van der Waals surface area contributed by atoms with E-state index in [4.69, 9.17) is 16.3 Å². The number of hydrogen-bond donors (Lipinski definition) is 0. The molecule has 3 rings (SSSR count). The van der Waals surface area contributed by atoms with Crippen LogP contribution < -0.4 is 5.56 Å². The van der Waals surface area contributed by atoms with Crippen molar-refractivity contribution in [2.24, 2.45) is 0 Å². The van der Waals surface area contributed by atoms with Gasteiger partial charge in [0.2, 0.25) is 0 Å². The molecule has 0 aliphatic heterocycles. The monoisotopic (exact) mass is 341 g/mol. The van der Waals surface area contributed by atoms with E-state index in [0.717, 1.165) is 5.39 Å². The molecule has 0 spiro atoms. The van der Waals surface area contributed by atoms with Gasteiger partial charge >= 0.3 is 5.97 Å². The molecule has 0 radical (unpaired) electrons. The highest BCUT2D eigenvalue weighted by Gasteiger charge is 2.15. The molecule has 5 heteroatoms. The Labute approximate surface area is 144 Å². The average Bonchev–Trinajstić information content (AvgIpc) is 2.58. The smallest absolute Gasteiger partial charge is 0.326 e. The maximum absolute atomic E-state index is 12.9. The Morgan fingerprint density at radius 3 is 2.58 bits per heavy atom. The molecule has 2 aromatic carbocycles. The van der Waals surface area contributed by atoms with Crippen molar-refractivity contribution < 1.29 is 9.53 Å². The highest BCUT2D eigenvalue weighted by atomic mass is 35.5. The molecule has 0 saturated carbocycles. The van der Waals surface area contributed by atoms with Crippen molar-refractivity contribution in [1.29, 1.82) is 0 Å². The number of aromatic nitrogens is 1. The lowest BCUT2D eigenvalue weighted by molar-refractivity contribution is -0.143. The summed E-state index contributed by atoms with van der Waals surface area (Å²) >= 11 is 6.30. The number of benzene rings is 2. The van der Waals surface area contributed by atoms with E-state index in [2.05, 4.69) is 0 Å². The Hall–Kier alpha value is -2.59. The number of esters is 1.